The molecule has 0 radical (unpaired) electrons. The number of furan rings is 1. The molecular formula is C17H16ClNO6. The number of aliphatic hydroxyl groups is 1. The maximum absolute atomic E-state index is 11.7. The molecule has 0 spiro atoms. The molecule has 0 bridgehead atoms. The molecule has 0 fully saturated rings. The van der Waals surface area contributed by atoms with Crippen LogP contribution in [0.3, 0.4) is 0 Å². The molecule has 1 heterocycles. The van der Waals surface area contributed by atoms with E-state index < -0.39 is 11.9 Å². The summed E-state index contributed by atoms with van der Waals surface area (Å²) in [6.45, 7) is -0.210. The molecule has 2 aromatic rings. The third-order valence-electron chi connectivity index (χ3n) is 3.20. The predicted molar refractivity (Wildman–Crippen MR) is 90.8 cm³/mol. The van der Waals surface area contributed by atoms with Crippen molar-refractivity contribution in [2.45, 2.75) is 6.61 Å². The molecule has 2 rings (SSSR count). The Morgan fingerprint density at radius 3 is 2.56 bits per heavy atom. The number of anilines is 1. The lowest BCUT2D eigenvalue weighted by Gasteiger charge is -2.10. The number of methoxy groups -OCH3 is 2. The SMILES string of the molecule is COC(=O)/C=C(/Nc1ccc(-c2ccc(CO)o2)c(Cl)c1)C(=O)OC. The molecular weight excluding hydrogens is 350 g/mol. The van der Waals surface area contributed by atoms with Gasteiger partial charge in [0.05, 0.1) is 25.3 Å². The summed E-state index contributed by atoms with van der Waals surface area (Å²) >= 11 is 6.26. The van der Waals surface area contributed by atoms with Crippen LogP contribution in [0.25, 0.3) is 11.3 Å². The molecule has 0 aliphatic carbocycles. The molecule has 8 heteroatoms. The normalized spacial score (nSPS) is 11.1. The molecule has 0 amide bonds. The summed E-state index contributed by atoms with van der Waals surface area (Å²) in [5, 5.41) is 12.2. The maximum Gasteiger partial charge on any atom is 0.354 e. The maximum atomic E-state index is 11.7. The number of carbonyl (C=O) groups is 2. The third kappa shape index (κ3) is 4.62. The lowest BCUT2D eigenvalue weighted by Crippen LogP contribution is -2.15. The number of hydrogen-bond acceptors (Lipinski definition) is 7. The van der Waals surface area contributed by atoms with Crippen LogP contribution in [0.2, 0.25) is 5.02 Å². The Morgan fingerprint density at radius 1 is 1.24 bits per heavy atom. The van der Waals surface area contributed by atoms with Crippen LogP contribution in [0.1, 0.15) is 5.76 Å². The predicted octanol–water partition coefficient (Wildman–Crippen LogP) is 2.73. The van der Waals surface area contributed by atoms with E-state index in [4.69, 9.17) is 21.1 Å². The fraction of sp³-hybridized carbons (Fsp3) is 0.176. The lowest BCUT2D eigenvalue weighted by molar-refractivity contribution is -0.138. The first kappa shape index (κ1) is 18.6. The average Bonchev–Trinajstić information content (AvgIpc) is 3.09. The van der Waals surface area contributed by atoms with Crippen LogP contribution in [0.5, 0.6) is 0 Å². The standard InChI is InChI=1S/C17H16ClNO6/c1-23-16(21)8-14(17(22)24-2)19-10-3-5-12(13(18)7-10)15-6-4-11(9-20)25-15/h3-8,19-20H,9H2,1-2H3/b14-8+. The highest BCUT2D eigenvalue weighted by Crippen LogP contribution is 2.32. The number of esters is 2. The van der Waals surface area contributed by atoms with Crippen LogP contribution >= 0.6 is 11.6 Å². The number of benzene rings is 1. The highest BCUT2D eigenvalue weighted by Gasteiger charge is 2.14. The van der Waals surface area contributed by atoms with Crippen molar-refractivity contribution in [3.8, 4) is 11.3 Å². The Hall–Kier alpha value is -2.77. The second-order valence-electron chi connectivity index (χ2n) is 4.82. The van der Waals surface area contributed by atoms with Crippen LogP contribution in [-0.2, 0) is 25.7 Å². The molecule has 0 saturated carbocycles. The van der Waals surface area contributed by atoms with Crippen LogP contribution in [0.4, 0.5) is 5.69 Å². The molecule has 2 N–H and O–H groups in total. The Balaban J connectivity index is 2.28. The second kappa shape index (κ2) is 8.36. The van der Waals surface area contributed by atoms with Crippen molar-refractivity contribution in [2.24, 2.45) is 0 Å². The number of ether oxygens (including phenoxy) is 2. The summed E-state index contributed by atoms with van der Waals surface area (Å²) in [4.78, 5) is 23.1. The van der Waals surface area contributed by atoms with Gasteiger partial charge in [0.25, 0.3) is 0 Å². The van der Waals surface area contributed by atoms with E-state index in [1.807, 2.05) is 0 Å². The second-order valence-corrected chi connectivity index (χ2v) is 5.22. The van der Waals surface area contributed by atoms with Crippen molar-refractivity contribution in [1.29, 1.82) is 0 Å². The van der Waals surface area contributed by atoms with E-state index in [0.717, 1.165) is 6.08 Å². The zero-order valence-electron chi connectivity index (χ0n) is 13.5. The van der Waals surface area contributed by atoms with Gasteiger partial charge < -0.3 is 24.3 Å². The summed E-state index contributed by atoms with van der Waals surface area (Å²) in [6.07, 6.45) is 0.980. The van der Waals surface area contributed by atoms with Crippen LogP contribution < -0.4 is 5.32 Å². The average molecular weight is 366 g/mol. The summed E-state index contributed by atoms with van der Waals surface area (Å²) in [6, 6.07) is 8.23. The first-order valence-corrected chi connectivity index (χ1v) is 7.50. The van der Waals surface area contributed by atoms with Crippen LogP contribution in [0.15, 0.2) is 46.5 Å². The van der Waals surface area contributed by atoms with E-state index in [-0.39, 0.29) is 12.3 Å². The van der Waals surface area contributed by atoms with Crippen molar-refractivity contribution in [3.63, 3.8) is 0 Å². The van der Waals surface area contributed by atoms with Gasteiger partial charge in [-0.25, -0.2) is 9.59 Å². The molecule has 0 unspecified atom stereocenters. The Kier molecular flexibility index (Phi) is 6.21. The molecule has 1 aromatic heterocycles. The molecule has 0 atom stereocenters. The highest BCUT2D eigenvalue weighted by atomic mass is 35.5. The summed E-state index contributed by atoms with van der Waals surface area (Å²) in [7, 11) is 2.39. The van der Waals surface area contributed by atoms with Crippen molar-refractivity contribution < 1.29 is 28.6 Å². The van der Waals surface area contributed by atoms with E-state index in [0.29, 0.717) is 27.8 Å². The number of carbonyl (C=O) groups excluding carboxylic acids is 2. The van der Waals surface area contributed by atoms with Crippen molar-refractivity contribution in [2.75, 3.05) is 19.5 Å². The van der Waals surface area contributed by atoms with E-state index in [2.05, 4.69) is 14.8 Å². The monoisotopic (exact) mass is 365 g/mol. The fourth-order valence-electron chi connectivity index (χ4n) is 1.99. The number of nitrogens with one attached hydrogen (secondary N) is 1. The van der Waals surface area contributed by atoms with Gasteiger partial charge in [0.2, 0.25) is 0 Å². The number of halogens is 1. The van der Waals surface area contributed by atoms with Crippen LogP contribution in [0, 0.1) is 0 Å². The van der Waals surface area contributed by atoms with E-state index in [1.165, 1.54) is 14.2 Å². The molecule has 132 valence electrons. The number of aliphatic hydroxyl groups excluding tert-OH is 1. The summed E-state index contributed by atoms with van der Waals surface area (Å²) in [5.41, 5.74) is 0.977. The number of rotatable bonds is 6. The first-order valence-electron chi connectivity index (χ1n) is 7.13. The third-order valence-corrected chi connectivity index (χ3v) is 3.51. The fourth-order valence-corrected chi connectivity index (χ4v) is 2.26. The molecule has 0 aliphatic heterocycles. The largest absolute Gasteiger partial charge is 0.466 e. The molecule has 7 nitrogen and oxygen atoms in total. The van der Waals surface area contributed by atoms with Crippen LogP contribution in [-0.4, -0.2) is 31.3 Å². The van der Waals surface area contributed by atoms with Gasteiger partial charge in [-0.1, -0.05) is 11.6 Å². The minimum Gasteiger partial charge on any atom is -0.466 e. The van der Waals surface area contributed by atoms with Crippen molar-refractivity contribution in [1.82, 2.24) is 0 Å². The minimum atomic E-state index is -0.732. The highest BCUT2D eigenvalue weighted by molar-refractivity contribution is 6.33. The van der Waals surface area contributed by atoms with E-state index in [9.17, 15) is 9.59 Å². The van der Waals surface area contributed by atoms with Gasteiger partial charge >= 0.3 is 11.9 Å². The van der Waals surface area contributed by atoms with Crippen molar-refractivity contribution >= 4 is 29.2 Å². The molecule has 0 aliphatic rings. The van der Waals surface area contributed by atoms with E-state index in [1.54, 1.807) is 30.3 Å². The zero-order valence-corrected chi connectivity index (χ0v) is 14.3. The van der Waals surface area contributed by atoms with Gasteiger partial charge in [-0.05, 0) is 30.3 Å². The Labute approximate surface area is 148 Å². The summed E-state index contributed by atoms with van der Waals surface area (Å²) < 4.78 is 14.6. The minimum absolute atomic E-state index is 0.0984. The molecule has 25 heavy (non-hydrogen) atoms. The Bertz CT molecular complexity index is 811. The smallest absolute Gasteiger partial charge is 0.354 e. The van der Waals surface area contributed by atoms with E-state index >= 15 is 0 Å². The topological polar surface area (TPSA) is 98.0 Å². The number of hydrogen-bond donors (Lipinski definition) is 2. The van der Waals surface area contributed by atoms with Gasteiger partial charge in [0, 0.05) is 11.3 Å². The van der Waals surface area contributed by atoms with Gasteiger partial charge in [-0.15, -0.1) is 0 Å². The van der Waals surface area contributed by atoms with Gasteiger partial charge in [-0.3, -0.25) is 0 Å². The Morgan fingerprint density at radius 2 is 2.00 bits per heavy atom. The van der Waals surface area contributed by atoms with Gasteiger partial charge in [-0.2, -0.15) is 0 Å². The quantitative estimate of drug-likeness (QED) is 0.600. The lowest BCUT2D eigenvalue weighted by atomic mass is 10.1. The first-order chi connectivity index (χ1) is 12.0. The molecule has 0 saturated heterocycles. The van der Waals surface area contributed by atoms with Gasteiger partial charge in [0.1, 0.15) is 23.8 Å². The zero-order chi connectivity index (χ0) is 18.4. The summed E-state index contributed by atoms with van der Waals surface area (Å²) in [5.74, 6) is -0.520. The van der Waals surface area contributed by atoms with Gasteiger partial charge in [0.15, 0.2) is 0 Å². The molecule has 1 aromatic carbocycles. The van der Waals surface area contributed by atoms with Crippen molar-refractivity contribution in [3.05, 3.63) is 52.9 Å².